The molecule has 102 valence electrons. The van der Waals surface area contributed by atoms with Gasteiger partial charge in [0.15, 0.2) is 0 Å². The maximum atomic E-state index is 4.70. The summed E-state index contributed by atoms with van der Waals surface area (Å²) in [5, 5.41) is 0. The van der Waals surface area contributed by atoms with E-state index in [1.54, 1.807) is 0 Å². The Morgan fingerprint density at radius 2 is 1.85 bits per heavy atom. The average Bonchev–Trinajstić information content (AvgIpc) is 2.89. The summed E-state index contributed by atoms with van der Waals surface area (Å²) in [7, 11) is 0. The number of hydrogen-bond acceptors (Lipinski definition) is 1. The Kier molecular flexibility index (Phi) is 3.62. The lowest BCUT2D eigenvalue weighted by atomic mass is 10.1. The highest BCUT2D eigenvalue weighted by Gasteiger charge is 2.07. The van der Waals surface area contributed by atoms with Gasteiger partial charge in [-0.15, -0.1) is 0 Å². The highest BCUT2D eigenvalue weighted by molar-refractivity contribution is 9.10. The Morgan fingerprint density at radius 3 is 2.55 bits per heavy atom. The zero-order valence-corrected chi connectivity index (χ0v) is 13.3. The van der Waals surface area contributed by atoms with Gasteiger partial charge in [0.25, 0.3) is 0 Å². The number of pyridine rings is 1. The quantitative estimate of drug-likeness (QED) is 0.659. The number of nitrogens with zero attached hydrogens (tertiary/aromatic N) is 2. The predicted octanol–water partition coefficient (Wildman–Crippen LogP) is 5.02. The Labute approximate surface area is 127 Å². The fourth-order valence-corrected chi connectivity index (χ4v) is 2.76. The Hall–Kier alpha value is -1.61. The summed E-state index contributed by atoms with van der Waals surface area (Å²) >= 11 is 3.56. The lowest BCUT2D eigenvalue weighted by Crippen LogP contribution is -1.89. The number of benzene rings is 1. The third-order valence-corrected chi connectivity index (χ3v) is 4.45. The molecule has 0 unspecified atom stereocenters. The van der Waals surface area contributed by atoms with Crippen LogP contribution < -0.4 is 0 Å². The summed E-state index contributed by atoms with van der Waals surface area (Å²) in [6.07, 6.45) is 4.42. The minimum atomic E-state index is 0.985. The van der Waals surface area contributed by atoms with Gasteiger partial charge in [-0.2, -0.15) is 0 Å². The van der Waals surface area contributed by atoms with Crippen LogP contribution in [-0.4, -0.2) is 9.38 Å². The molecule has 0 amide bonds. The van der Waals surface area contributed by atoms with Gasteiger partial charge in [-0.05, 0) is 47.0 Å². The summed E-state index contributed by atoms with van der Waals surface area (Å²) in [6, 6.07) is 12.8. The van der Waals surface area contributed by atoms with Gasteiger partial charge in [0, 0.05) is 21.9 Å². The van der Waals surface area contributed by atoms with Crippen molar-refractivity contribution in [3.63, 3.8) is 0 Å². The first-order valence-electron chi connectivity index (χ1n) is 6.92. The first kappa shape index (κ1) is 13.4. The first-order valence-corrected chi connectivity index (χ1v) is 7.72. The molecule has 2 heterocycles. The molecule has 0 aliphatic carbocycles. The molecule has 0 saturated heterocycles. The molecular formula is C17H17BrN2. The molecule has 2 nitrogen and oxygen atoms in total. The largest absolute Gasteiger partial charge is 0.303 e. The van der Waals surface area contributed by atoms with Gasteiger partial charge < -0.3 is 4.40 Å². The molecule has 0 N–H and O–H groups in total. The molecule has 0 saturated carbocycles. The number of aryl methyl sites for hydroxylation is 2. The molecule has 3 heteroatoms. The molecule has 20 heavy (non-hydrogen) atoms. The van der Waals surface area contributed by atoms with E-state index in [0.29, 0.717) is 0 Å². The van der Waals surface area contributed by atoms with Crippen LogP contribution in [0.4, 0.5) is 0 Å². The number of hydrogen-bond donors (Lipinski definition) is 0. The van der Waals surface area contributed by atoms with Crippen LogP contribution in [-0.2, 0) is 6.42 Å². The van der Waals surface area contributed by atoms with Crippen molar-refractivity contribution in [1.82, 2.24) is 9.38 Å². The lowest BCUT2D eigenvalue weighted by molar-refractivity contribution is 0.922. The second kappa shape index (κ2) is 5.41. The highest BCUT2D eigenvalue weighted by atomic mass is 79.9. The van der Waals surface area contributed by atoms with E-state index < -0.39 is 0 Å². The van der Waals surface area contributed by atoms with Crippen molar-refractivity contribution in [3.05, 3.63) is 58.3 Å². The van der Waals surface area contributed by atoms with Gasteiger partial charge in [-0.25, -0.2) is 4.98 Å². The summed E-state index contributed by atoms with van der Waals surface area (Å²) < 4.78 is 3.23. The van der Waals surface area contributed by atoms with Crippen molar-refractivity contribution in [2.75, 3.05) is 0 Å². The number of imidazole rings is 1. The number of aromatic nitrogens is 2. The summed E-state index contributed by atoms with van der Waals surface area (Å²) in [4.78, 5) is 4.70. The summed E-state index contributed by atoms with van der Waals surface area (Å²) in [6.45, 7) is 4.30. The predicted molar refractivity (Wildman–Crippen MR) is 87.1 cm³/mol. The van der Waals surface area contributed by atoms with E-state index in [1.165, 1.54) is 23.2 Å². The van der Waals surface area contributed by atoms with E-state index in [-0.39, 0.29) is 0 Å². The van der Waals surface area contributed by atoms with Crippen LogP contribution >= 0.6 is 15.9 Å². The van der Waals surface area contributed by atoms with Gasteiger partial charge in [0.1, 0.15) is 5.65 Å². The first-order chi connectivity index (χ1) is 9.69. The van der Waals surface area contributed by atoms with Gasteiger partial charge in [0.2, 0.25) is 0 Å². The standard InChI is InChI=1S/C17H17BrN2/c1-3-4-13-5-7-14(8-6-13)16-11-20-12(2)15(18)9-10-17(20)19-16/h5-11H,3-4H2,1-2H3. The van der Waals surface area contributed by atoms with E-state index in [4.69, 9.17) is 4.98 Å². The van der Waals surface area contributed by atoms with Crippen LogP contribution in [0, 0.1) is 6.92 Å². The van der Waals surface area contributed by atoms with Crippen molar-refractivity contribution in [2.45, 2.75) is 26.7 Å². The van der Waals surface area contributed by atoms with Crippen LogP contribution in [0.3, 0.4) is 0 Å². The normalized spacial score (nSPS) is 11.2. The van der Waals surface area contributed by atoms with E-state index in [1.807, 2.05) is 12.1 Å². The summed E-state index contributed by atoms with van der Waals surface area (Å²) in [5.74, 6) is 0. The topological polar surface area (TPSA) is 17.3 Å². The fraction of sp³-hybridized carbons (Fsp3) is 0.235. The van der Waals surface area contributed by atoms with Crippen LogP contribution in [0.2, 0.25) is 0 Å². The fourth-order valence-electron chi connectivity index (χ4n) is 2.43. The van der Waals surface area contributed by atoms with Crippen molar-refractivity contribution in [1.29, 1.82) is 0 Å². The molecule has 3 rings (SSSR count). The molecule has 1 aromatic carbocycles. The molecule has 3 aromatic rings. The molecule has 0 aliphatic rings. The minimum absolute atomic E-state index is 0.985. The van der Waals surface area contributed by atoms with E-state index in [0.717, 1.165) is 22.2 Å². The molecule has 0 fully saturated rings. The van der Waals surface area contributed by atoms with E-state index >= 15 is 0 Å². The van der Waals surface area contributed by atoms with Crippen LogP contribution in [0.1, 0.15) is 24.6 Å². The maximum absolute atomic E-state index is 4.70. The molecule has 0 aliphatic heterocycles. The SMILES string of the molecule is CCCc1ccc(-c2cn3c(C)c(Br)ccc3n2)cc1. The lowest BCUT2D eigenvalue weighted by Gasteiger charge is -2.01. The van der Waals surface area contributed by atoms with Crippen molar-refractivity contribution in [2.24, 2.45) is 0 Å². The number of fused-ring (bicyclic) bond motifs is 1. The maximum Gasteiger partial charge on any atom is 0.137 e. The third kappa shape index (κ3) is 2.38. The minimum Gasteiger partial charge on any atom is -0.303 e. The highest BCUT2D eigenvalue weighted by Crippen LogP contribution is 2.23. The van der Waals surface area contributed by atoms with Gasteiger partial charge in [-0.1, -0.05) is 37.6 Å². The Balaban J connectivity index is 2.03. The van der Waals surface area contributed by atoms with Gasteiger partial charge in [-0.3, -0.25) is 0 Å². The number of halogens is 1. The van der Waals surface area contributed by atoms with Crippen LogP contribution in [0.25, 0.3) is 16.9 Å². The zero-order chi connectivity index (χ0) is 14.1. The Morgan fingerprint density at radius 1 is 1.10 bits per heavy atom. The van der Waals surface area contributed by atoms with Crippen LogP contribution in [0.5, 0.6) is 0 Å². The van der Waals surface area contributed by atoms with Gasteiger partial charge in [0.05, 0.1) is 5.69 Å². The van der Waals surface area contributed by atoms with Crippen molar-refractivity contribution in [3.8, 4) is 11.3 Å². The van der Waals surface area contributed by atoms with Gasteiger partial charge >= 0.3 is 0 Å². The average molecular weight is 329 g/mol. The number of rotatable bonds is 3. The van der Waals surface area contributed by atoms with E-state index in [2.05, 4.69) is 64.6 Å². The second-order valence-corrected chi connectivity index (χ2v) is 5.92. The summed E-state index contributed by atoms with van der Waals surface area (Å²) in [5.41, 5.74) is 5.74. The van der Waals surface area contributed by atoms with E-state index in [9.17, 15) is 0 Å². The third-order valence-electron chi connectivity index (χ3n) is 3.61. The molecule has 0 atom stereocenters. The van der Waals surface area contributed by atoms with Crippen molar-refractivity contribution < 1.29 is 0 Å². The molecule has 0 bridgehead atoms. The zero-order valence-electron chi connectivity index (χ0n) is 11.7. The molecule has 0 radical (unpaired) electrons. The Bertz CT molecular complexity index is 742. The smallest absolute Gasteiger partial charge is 0.137 e. The molecule has 0 spiro atoms. The molecular weight excluding hydrogens is 312 g/mol. The molecule has 2 aromatic heterocycles. The monoisotopic (exact) mass is 328 g/mol. The van der Waals surface area contributed by atoms with Crippen LogP contribution in [0.15, 0.2) is 47.1 Å². The van der Waals surface area contributed by atoms with Crippen molar-refractivity contribution >= 4 is 21.6 Å². The second-order valence-electron chi connectivity index (χ2n) is 5.07.